The number of hydrogen-bond acceptors (Lipinski definition) is 2. The van der Waals surface area contributed by atoms with Gasteiger partial charge in [0.05, 0.1) is 0 Å². The Morgan fingerprint density at radius 1 is 1.55 bits per heavy atom. The van der Waals surface area contributed by atoms with Gasteiger partial charge in [-0.1, -0.05) is 6.58 Å². The molecule has 0 aromatic rings. The predicted molar refractivity (Wildman–Crippen MR) is 41.7 cm³/mol. The lowest BCUT2D eigenvalue weighted by Gasteiger charge is -2.15. The smallest absolute Gasteiger partial charge is 0.251 e. The summed E-state index contributed by atoms with van der Waals surface area (Å²) >= 11 is 0. The Morgan fingerprint density at radius 3 is 2.73 bits per heavy atom. The van der Waals surface area contributed by atoms with E-state index < -0.39 is 0 Å². The van der Waals surface area contributed by atoms with E-state index in [9.17, 15) is 4.79 Å². The van der Waals surface area contributed by atoms with Crippen LogP contribution in [0.15, 0.2) is 24.4 Å². The zero-order chi connectivity index (χ0) is 8.27. The molecule has 0 aromatic heterocycles. The fourth-order valence-electron chi connectivity index (χ4n) is 0.972. The number of carbonyl (C=O) groups is 1. The van der Waals surface area contributed by atoms with Crippen LogP contribution >= 0.6 is 0 Å². The monoisotopic (exact) mass is 153 g/mol. The molecule has 1 heterocycles. The lowest BCUT2D eigenvalue weighted by molar-refractivity contribution is -0.123. The van der Waals surface area contributed by atoms with Gasteiger partial charge >= 0.3 is 0 Å². The van der Waals surface area contributed by atoms with Crippen LogP contribution in [0.1, 0.15) is 6.42 Å². The molecule has 0 fully saturated rings. The zero-order valence-electron chi connectivity index (χ0n) is 6.29. The Balaban J connectivity index is 2.46. The first-order valence-corrected chi connectivity index (χ1v) is 3.55. The van der Waals surface area contributed by atoms with Gasteiger partial charge in [-0.3, -0.25) is 4.79 Å². The lowest BCUT2D eigenvalue weighted by atomic mass is 10.4. The second kappa shape index (κ2) is 3.34. The summed E-state index contributed by atoms with van der Waals surface area (Å²) in [5.41, 5.74) is 0.712. The molecule has 0 atom stereocenters. The van der Waals surface area contributed by atoms with Gasteiger partial charge in [-0.2, -0.15) is 0 Å². The lowest BCUT2D eigenvalue weighted by Crippen LogP contribution is -2.25. The first-order chi connectivity index (χ1) is 5.25. The van der Waals surface area contributed by atoms with E-state index in [0.717, 1.165) is 0 Å². The highest BCUT2D eigenvalue weighted by atomic mass is 16.3. The van der Waals surface area contributed by atoms with E-state index in [2.05, 4.69) is 6.58 Å². The third-order valence-electron chi connectivity index (χ3n) is 1.57. The fourth-order valence-corrected chi connectivity index (χ4v) is 0.972. The first kappa shape index (κ1) is 8.01. The molecule has 0 aliphatic carbocycles. The molecule has 60 valence electrons. The van der Waals surface area contributed by atoms with Crippen molar-refractivity contribution in [1.29, 1.82) is 0 Å². The maximum absolute atomic E-state index is 11.0. The quantitative estimate of drug-likeness (QED) is 0.632. The second-order valence-corrected chi connectivity index (χ2v) is 2.39. The highest BCUT2D eigenvalue weighted by Gasteiger charge is 2.16. The number of carbonyl (C=O) groups excluding carboxylic acids is 1. The molecule has 1 N–H and O–H groups in total. The average Bonchev–Trinajstić information content (AvgIpc) is 2.29. The highest BCUT2D eigenvalue weighted by molar-refractivity contribution is 5.92. The van der Waals surface area contributed by atoms with Crippen molar-refractivity contribution in [3.05, 3.63) is 24.4 Å². The van der Waals surface area contributed by atoms with E-state index >= 15 is 0 Å². The van der Waals surface area contributed by atoms with E-state index in [1.54, 1.807) is 11.0 Å². The van der Waals surface area contributed by atoms with Crippen molar-refractivity contribution < 1.29 is 9.90 Å². The minimum absolute atomic E-state index is 0.0385. The molecule has 1 rings (SSSR count). The molecule has 1 aliphatic rings. The van der Waals surface area contributed by atoms with Crippen LogP contribution in [0.2, 0.25) is 0 Å². The molecule has 1 aliphatic heterocycles. The largest absolute Gasteiger partial charge is 0.396 e. The number of hydrogen-bond donors (Lipinski definition) is 1. The predicted octanol–water partition coefficient (Wildman–Crippen LogP) is 0.281. The standard InChI is InChI=1S/C8H11NO2/c1-7-3-4-8(11)9(7)5-2-6-10/h3-4,10H,1-2,5-6H2. The highest BCUT2D eigenvalue weighted by Crippen LogP contribution is 2.12. The molecule has 0 aromatic carbocycles. The van der Waals surface area contributed by atoms with Crippen molar-refractivity contribution in [1.82, 2.24) is 4.90 Å². The van der Waals surface area contributed by atoms with E-state index in [4.69, 9.17) is 5.11 Å². The van der Waals surface area contributed by atoms with Crippen molar-refractivity contribution in [3.8, 4) is 0 Å². The maximum atomic E-state index is 11.0. The number of nitrogens with zero attached hydrogens (tertiary/aromatic N) is 1. The van der Waals surface area contributed by atoms with Crippen molar-refractivity contribution >= 4 is 5.91 Å². The van der Waals surface area contributed by atoms with Crippen LogP contribution in [-0.2, 0) is 4.79 Å². The van der Waals surface area contributed by atoms with Gasteiger partial charge in [0.1, 0.15) is 0 Å². The van der Waals surface area contributed by atoms with Crippen molar-refractivity contribution in [2.75, 3.05) is 13.2 Å². The molecule has 0 spiro atoms. The van der Waals surface area contributed by atoms with Gasteiger partial charge < -0.3 is 10.0 Å². The van der Waals surface area contributed by atoms with E-state index in [1.807, 2.05) is 0 Å². The first-order valence-electron chi connectivity index (χ1n) is 3.55. The molecule has 3 nitrogen and oxygen atoms in total. The van der Waals surface area contributed by atoms with Crippen LogP contribution in [0.4, 0.5) is 0 Å². The minimum Gasteiger partial charge on any atom is -0.396 e. The molecule has 11 heavy (non-hydrogen) atoms. The van der Waals surface area contributed by atoms with Crippen LogP contribution < -0.4 is 0 Å². The van der Waals surface area contributed by atoms with Crippen molar-refractivity contribution in [2.45, 2.75) is 6.42 Å². The van der Waals surface area contributed by atoms with Crippen LogP contribution in [0.25, 0.3) is 0 Å². The average molecular weight is 153 g/mol. The third kappa shape index (κ3) is 1.68. The van der Waals surface area contributed by atoms with Crippen LogP contribution in [0, 0.1) is 0 Å². The van der Waals surface area contributed by atoms with E-state index in [1.165, 1.54) is 6.08 Å². The molecule has 0 bridgehead atoms. The summed E-state index contributed by atoms with van der Waals surface area (Å²) in [4.78, 5) is 12.5. The molecule has 1 amide bonds. The summed E-state index contributed by atoms with van der Waals surface area (Å²) in [6, 6.07) is 0. The molecule has 0 saturated carbocycles. The van der Waals surface area contributed by atoms with E-state index in [0.29, 0.717) is 18.7 Å². The van der Waals surface area contributed by atoms with Crippen LogP contribution in [0.5, 0.6) is 0 Å². The second-order valence-electron chi connectivity index (χ2n) is 2.39. The summed E-state index contributed by atoms with van der Waals surface area (Å²) in [5.74, 6) is -0.0385. The Bertz CT molecular complexity index is 190. The van der Waals surface area contributed by atoms with Gasteiger partial charge in [0.2, 0.25) is 0 Å². The van der Waals surface area contributed by atoms with Crippen LogP contribution in [0.3, 0.4) is 0 Å². The van der Waals surface area contributed by atoms with Gasteiger partial charge in [-0.25, -0.2) is 0 Å². The van der Waals surface area contributed by atoms with Crippen LogP contribution in [-0.4, -0.2) is 29.1 Å². The fraction of sp³-hybridized carbons (Fsp3) is 0.375. The number of aliphatic hydroxyl groups excluding tert-OH is 1. The normalized spacial score (nSPS) is 16.6. The van der Waals surface area contributed by atoms with Gasteiger partial charge in [-0.15, -0.1) is 0 Å². The Morgan fingerprint density at radius 2 is 2.27 bits per heavy atom. The third-order valence-corrected chi connectivity index (χ3v) is 1.57. The molecule has 3 heteroatoms. The molecular weight excluding hydrogens is 142 g/mol. The Kier molecular flexibility index (Phi) is 2.44. The van der Waals surface area contributed by atoms with Gasteiger partial charge in [0.15, 0.2) is 0 Å². The summed E-state index contributed by atoms with van der Waals surface area (Å²) in [5, 5.41) is 8.51. The maximum Gasteiger partial charge on any atom is 0.251 e. The molecule has 0 radical (unpaired) electrons. The molecular formula is C8H11NO2. The van der Waals surface area contributed by atoms with Gasteiger partial charge in [-0.05, 0) is 12.5 Å². The van der Waals surface area contributed by atoms with Gasteiger partial charge in [0, 0.05) is 24.9 Å². The van der Waals surface area contributed by atoms with Crippen molar-refractivity contribution in [2.24, 2.45) is 0 Å². The number of allylic oxidation sites excluding steroid dienone is 1. The Labute approximate surface area is 65.6 Å². The zero-order valence-corrected chi connectivity index (χ0v) is 6.29. The van der Waals surface area contributed by atoms with Crippen molar-refractivity contribution in [3.63, 3.8) is 0 Å². The van der Waals surface area contributed by atoms with E-state index in [-0.39, 0.29) is 12.5 Å². The molecule has 0 saturated heterocycles. The molecule has 0 unspecified atom stereocenters. The minimum atomic E-state index is -0.0385. The summed E-state index contributed by atoms with van der Waals surface area (Å²) in [7, 11) is 0. The number of amides is 1. The summed E-state index contributed by atoms with van der Waals surface area (Å²) < 4.78 is 0. The van der Waals surface area contributed by atoms with Gasteiger partial charge in [0.25, 0.3) is 5.91 Å². The number of aliphatic hydroxyl groups is 1. The Hall–Kier alpha value is -1.09. The topological polar surface area (TPSA) is 40.5 Å². The summed E-state index contributed by atoms with van der Waals surface area (Å²) in [6.07, 6.45) is 3.77. The SMILES string of the molecule is C=C1C=CC(=O)N1CCCO. The summed E-state index contributed by atoms with van der Waals surface area (Å²) in [6.45, 7) is 4.34. The number of rotatable bonds is 3.